The van der Waals surface area contributed by atoms with E-state index in [4.69, 9.17) is 9.72 Å². The summed E-state index contributed by atoms with van der Waals surface area (Å²) in [4.78, 5) is 24.6. The number of anilines is 1. The summed E-state index contributed by atoms with van der Waals surface area (Å²) in [6.07, 6.45) is 2.24. The fourth-order valence-corrected chi connectivity index (χ4v) is 5.86. The molecule has 1 amide bonds. The van der Waals surface area contributed by atoms with Crippen LogP contribution < -0.4 is 4.90 Å². The van der Waals surface area contributed by atoms with Gasteiger partial charge in [-0.15, -0.1) is 0 Å². The van der Waals surface area contributed by atoms with Crippen LogP contribution in [0.2, 0.25) is 0 Å². The Hall–Kier alpha value is -3.66. The smallest absolute Gasteiger partial charge is 0.237 e. The van der Waals surface area contributed by atoms with E-state index in [2.05, 4.69) is 26.3 Å². The van der Waals surface area contributed by atoms with Gasteiger partial charge >= 0.3 is 0 Å². The van der Waals surface area contributed by atoms with Gasteiger partial charge in [0, 0.05) is 50.7 Å². The Morgan fingerprint density at radius 1 is 1.05 bits per heavy atom. The Bertz CT molecular complexity index is 1400. The summed E-state index contributed by atoms with van der Waals surface area (Å²) in [7, 11) is 0. The number of nitrogens with zero attached hydrogens (tertiary/aromatic N) is 7. The van der Waals surface area contributed by atoms with Gasteiger partial charge in [-0.3, -0.25) is 14.1 Å². The average Bonchev–Trinajstić information content (AvgIpc) is 3.31. The molecule has 6 rings (SSSR count). The van der Waals surface area contributed by atoms with Crippen LogP contribution >= 0.6 is 0 Å². The summed E-state index contributed by atoms with van der Waals surface area (Å²) in [6.45, 7) is 5.86. The molecule has 9 nitrogen and oxygen atoms in total. The molecule has 0 unspecified atom stereocenters. The summed E-state index contributed by atoms with van der Waals surface area (Å²) < 4.78 is 7.55. The first-order valence-corrected chi connectivity index (χ1v) is 12.8. The van der Waals surface area contributed by atoms with Crippen molar-refractivity contribution < 1.29 is 9.53 Å². The molecule has 37 heavy (non-hydrogen) atoms. The third-order valence-corrected chi connectivity index (χ3v) is 7.82. The van der Waals surface area contributed by atoms with Gasteiger partial charge in [0.1, 0.15) is 11.9 Å². The number of piperidine rings is 1. The van der Waals surface area contributed by atoms with Gasteiger partial charge in [0.2, 0.25) is 5.91 Å². The Kier molecular flexibility index (Phi) is 7.01. The lowest BCUT2D eigenvalue weighted by Crippen LogP contribution is -2.46. The van der Waals surface area contributed by atoms with Crippen molar-refractivity contribution in [3.05, 3.63) is 41.0 Å². The van der Waals surface area contributed by atoms with Crippen LogP contribution in [0.15, 0.2) is 24.3 Å². The number of ether oxygens (including phenoxy) is 1. The Balaban J connectivity index is 0.00000280. The Morgan fingerprint density at radius 2 is 1.81 bits per heavy atom. The van der Waals surface area contributed by atoms with E-state index in [-0.39, 0.29) is 19.3 Å². The maximum Gasteiger partial charge on any atom is 0.237 e. The molecular formula is C28H33N7O2. The third-order valence-electron chi connectivity index (χ3n) is 7.82. The minimum absolute atomic E-state index is 0. The molecule has 0 spiro atoms. The first kappa shape index (κ1) is 25.0. The Morgan fingerprint density at radius 3 is 2.54 bits per heavy atom. The molecule has 3 aliphatic rings. The average molecular weight is 500 g/mol. The minimum atomic E-state index is 0. The van der Waals surface area contributed by atoms with Crippen LogP contribution in [-0.4, -0.2) is 77.6 Å². The lowest BCUT2D eigenvalue weighted by molar-refractivity contribution is -0.134. The van der Waals surface area contributed by atoms with Gasteiger partial charge in [0.05, 0.1) is 42.4 Å². The van der Waals surface area contributed by atoms with Crippen molar-refractivity contribution in [1.29, 1.82) is 10.5 Å². The second kappa shape index (κ2) is 10.4. The molecule has 3 aromatic rings. The van der Waals surface area contributed by atoms with Gasteiger partial charge in [-0.1, -0.05) is 19.6 Å². The molecule has 5 heterocycles. The van der Waals surface area contributed by atoms with Crippen molar-refractivity contribution in [3.8, 4) is 12.1 Å². The topological polar surface area (TPSA) is 101 Å². The van der Waals surface area contributed by atoms with Crippen molar-refractivity contribution in [1.82, 2.24) is 19.2 Å². The lowest BCUT2D eigenvalue weighted by atomic mass is 9.93. The predicted octanol–water partition coefficient (Wildman–Crippen LogP) is 2.95. The highest BCUT2D eigenvalue weighted by atomic mass is 16.5. The van der Waals surface area contributed by atoms with Crippen LogP contribution in [0.3, 0.4) is 0 Å². The number of hydrogen-bond acceptors (Lipinski definition) is 7. The molecule has 0 aliphatic carbocycles. The van der Waals surface area contributed by atoms with E-state index in [1.54, 1.807) is 0 Å². The zero-order valence-corrected chi connectivity index (χ0v) is 20.3. The van der Waals surface area contributed by atoms with E-state index in [1.165, 1.54) is 0 Å². The van der Waals surface area contributed by atoms with Crippen LogP contribution in [0.25, 0.3) is 16.7 Å². The standard InChI is InChI=1S/C27H29N7O2.CH4/c28-15-19-5-8-32(9-6-19)27-22-17-33(25(35)18-31-11-13-36-14-12-31)10-7-20(22)21(16-29)26-30-23-3-1-2-4-24(23)34(26)27;/h1-4,19H,5-14,17-18H2;1H4. The number of pyridine rings is 1. The third kappa shape index (κ3) is 4.39. The number of carbonyl (C=O) groups is 1. The summed E-state index contributed by atoms with van der Waals surface area (Å²) in [5.74, 6) is 1.20. The number of rotatable bonds is 3. The first-order valence-electron chi connectivity index (χ1n) is 12.8. The SMILES string of the molecule is C.N#Cc1c2c(c(N3CCC(C#N)CC3)n3c1nc1ccccc13)CN(C(=O)CN1CCOCC1)CC2. The maximum atomic E-state index is 13.3. The van der Waals surface area contributed by atoms with Gasteiger partial charge in [-0.2, -0.15) is 10.5 Å². The molecule has 0 atom stereocenters. The van der Waals surface area contributed by atoms with Crippen LogP contribution in [0, 0.1) is 28.6 Å². The van der Waals surface area contributed by atoms with E-state index >= 15 is 0 Å². The van der Waals surface area contributed by atoms with Crippen molar-refractivity contribution in [3.63, 3.8) is 0 Å². The van der Waals surface area contributed by atoms with Crippen molar-refractivity contribution in [2.45, 2.75) is 33.2 Å². The van der Waals surface area contributed by atoms with Crippen LogP contribution in [0.5, 0.6) is 0 Å². The summed E-state index contributed by atoms with van der Waals surface area (Å²) in [5.41, 5.74) is 5.15. The molecule has 0 bridgehead atoms. The monoisotopic (exact) mass is 499 g/mol. The normalized spacial score (nSPS) is 18.8. The van der Waals surface area contributed by atoms with Crippen LogP contribution in [0.4, 0.5) is 5.82 Å². The van der Waals surface area contributed by atoms with Crippen molar-refractivity contribution in [2.24, 2.45) is 5.92 Å². The zero-order chi connectivity index (χ0) is 24.6. The largest absolute Gasteiger partial charge is 0.379 e. The summed E-state index contributed by atoms with van der Waals surface area (Å²) >= 11 is 0. The number of nitriles is 2. The van der Waals surface area contributed by atoms with Gasteiger partial charge in [0.25, 0.3) is 0 Å². The predicted molar refractivity (Wildman–Crippen MR) is 141 cm³/mol. The van der Waals surface area contributed by atoms with Gasteiger partial charge in [-0.25, -0.2) is 4.98 Å². The highest BCUT2D eigenvalue weighted by Crippen LogP contribution is 2.38. The second-order valence-electron chi connectivity index (χ2n) is 9.87. The number of hydrogen-bond donors (Lipinski definition) is 0. The molecule has 2 fully saturated rings. The molecule has 2 aromatic heterocycles. The van der Waals surface area contributed by atoms with E-state index < -0.39 is 0 Å². The molecule has 2 saturated heterocycles. The quantitative estimate of drug-likeness (QED) is 0.546. The number of imidazole rings is 1. The van der Waals surface area contributed by atoms with E-state index in [9.17, 15) is 15.3 Å². The number of aromatic nitrogens is 2. The first-order chi connectivity index (χ1) is 17.7. The number of fused-ring (bicyclic) bond motifs is 4. The van der Waals surface area contributed by atoms with Gasteiger partial charge < -0.3 is 14.5 Å². The Labute approximate surface area is 217 Å². The molecule has 3 aliphatic heterocycles. The van der Waals surface area contributed by atoms with E-state index in [1.807, 2.05) is 29.2 Å². The van der Waals surface area contributed by atoms with E-state index in [0.717, 1.165) is 67.0 Å². The van der Waals surface area contributed by atoms with Gasteiger partial charge in [-0.05, 0) is 37.0 Å². The maximum absolute atomic E-state index is 13.3. The summed E-state index contributed by atoms with van der Waals surface area (Å²) in [6, 6.07) is 12.8. The minimum Gasteiger partial charge on any atom is -0.379 e. The fourth-order valence-electron chi connectivity index (χ4n) is 5.86. The second-order valence-corrected chi connectivity index (χ2v) is 9.87. The molecule has 9 heteroatoms. The van der Waals surface area contributed by atoms with Crippen molar-refractivity contribution in [2.75, 3.05) is 57.4 Å². The highest BCUT2D eigenvalue weighted by molar-refractivity contribution is 5.87. The van der Waals surface area contributed by atoms with E-state index in [0.29, 0.717) is 50.5 Å². The molecule has 192 valence electrons. The lowest BCUT2D eigenvalue weighted by Gasteiger charge is -2.38. The highest BCUT2D eigenvalue weighted by Gasteiger charge is 2.33. The number of morpholine rings is 1. The molecular weight excluding hydrogens is 466 g/mol. The number of para-hydroxylation sites is 2. The summed E-state index contributed by atoms with van der Waals surface area (Å²) in [5, 5.41) is 19.7. The van der Waals surface area contributed by atoms with Crippen LogP contribution in [-0.2, 0) is 22.5 Å². The molecule has 0 radical (unpaired) electrons. The van der Waals surface area contributed by atoms with Crippen LogP contribution in [0.1, 0.15) is 37.0 Å². The number of carbonyl (C=O) groups excluding carboxylic acids is 1. The molecule has 1 aromatic carbocycles. The molecule has 0 N–H and O–H groups in total. The van der Waals surface area contributed by atoms with Crippen molar-refractivity contribution >= 4 is 28.4 Å². The fraction of sp³-hybridized carbons (Fsp3) is 0.500. The zero-order valence-electron chi connectivity index (χ0n) is 20.3. The van der Waals surface area contributed by atoms with Gasteiger partial charge in [0.15, 0.2) is 5.65 Å². The molecule has 0 saturated carbocycles. The number of benzene rings is 1. The number of amides is 1.